The molecule has 0 aliphatic carbocycles. The van der Waals surface area contributed by atoms with Gasteiger partial charge in [0.2, 0.25) is 0 Å². The summed E-state index contributed by atoms with van der Waals surface area (Å²) < 4.78 is 2.28. The Morgan fingerprint density at radius 2 is 2.06 bits per heavy atom. The van der Waals surface area contributed by atoms with Crippen LogP contribution in [0.4, 0.5) is 0 Å². The highest BCUT2D eigenvalue weighted by Crippen LogP contribution is 2.32. The maximum Gasteiger partial charge on any atom is 0.0531 e. The lowest BCUT2D eigenvalue weighted by Crippen LogP contribution is -1.94. The zero-order valence-electron chi connectivity index (χ0n) is 9.98. The van der Waals surface area contributed by atoms with Gasteiger partial charge in [-0.15, -0.1) is 0 Å². The molecule has 0 N–H and O–H groups in total. The molecule has 1 aliphatic rings. The number of hydrogen-bond acceptors (Lipinski definition) is 0. The van der Waals surface area contributed by atoms with Crippen LogP contribution in [0.25, 0.3) is 22.7 Å². The van der Waals surface area contributed by atoms with Crippen molar-refractivity contribution in [3.8, 4) is 0 Å². The van der Waals surface area contributed by atoms with Crippen LogP contribution in [0.15, 0.2) is 49.1 Å². The molecule has 0 amide bonds. The number of nitrogens with zero attached hydrogens (tertiary/aromatic N) is 1. The second kappa shape index (κ2) is 3.77. The maximum absolute atomic E-state index is 4.12. The quantitative estimate of drug-likeness (QED) is 0.678. The van der Waals surface area contributed by atoms with E-state index >= 15 is 0 Å². The zero-order chi connectivity index (χ0) is 11.8. The summed E-state index contributed by atoms with van der Waals surface area (Å²) in [4.78, 5) is 0. The molecule has 2 heterocycles. The third kappa shape index (κ3) is 1.47. The van der Waals surface area contributed by atoms with Crippen LogP contribution in [0.1, 0.15) is 18.2 Å². The first kappa shape index (κ1) is 10.2. The molecule has 0 bridgehead atoms. The smallest absolute Gasteiger partial charge is 0.0531 e. The van der Waals surface area contributed by atoms with Crippen molar-refractivity contribution in [3.05, 3.63) is 60.3 Å². The summed E-state index contributed by atoms with van der Waals surface area (Å²) in [6.45, 7) is 6.21. The average molecular weight is 221 g/mol. The normalized spacial score (nSPS) is 13.7. The lowest BCUT2D eigenvalue weighted by atomic mass is 10.0. The highest BCUT2D eigenvalue weighted by Gasteiger charge is 2.15. The first-order chi connectivity index (χ1) is 8.29. The summed E-state index contributed by atoms with van der Waals surface area (Å²) >= 11 is 0. The van der Waals surface area contributed by atoms with E-state index in [-0.39, 0.29) is 0 Å². The van der Waals surface area contributed by atoms with Gasteiger partial charge in [-0.3, -0.25) is 0 Å². The fourth-order valence-corrected chi connectivity index (χ4v) is 2.56. The van der Waals surface area contributed by atoms with E-state index in [2.05, 4.69) is 66.8 Å². The van der Waals surface area contributed by atoms with Gasteiger partial charge < -0.3 is 4.57 Å². The Bertz CT molecular complexity index is 653. The van der Waals surface area contributed by atoms with Crippen LogP contribution in [0.2, 0.25) is 0 Å². The van der Waals surface area contributed by atoms with E-state index in [9.17, 15) is 0 Å². The SMILES string of the molecule is C=C(C)c1c2n(c3ccccc13)C=CC=CC2. The first-order valence-corrected chi connectivity index (χ1v) is 5.90. The molecule has 3 rings (SSSR count). The Kier molecular flexibility index (Phi) is 2.25. The predicted molar refractivity (Wildman–Crippen MR) is 74.8 cm³/mol. The van der Waals surface area contributed by atoms with Crippen LogP contribution in [0, 0.1) is 0 Å². The molecule has 2 aromatic rings. The minimum atomic E-state index is 0.962. The van der Waals surface area contributed by atoms with E-state index < -0.39 is 0 Å². The Labute approximate surface area is 101 Å². The second-order valence-corrected chi connectivity index (χ2v) is 4.46. The Morgan fingerprint density at radius 1 is 1.24 bits per heavy atom. The maximum atomic E-state index is 4.12. The number of rotatable bonds is 1. The van der Waals surface area contributed by atoms with E-state index in [1.165, 1.54) is 22.2 Å². The van der Waals surface area contributed by atoms with E-state index in [1.54, 1.807) is 0 Å². The molecular weight excluding hydrogens is 206 g/mol. The topological polar surface area (TPSA) is 4.93 Å². The molecule has 0 fully saturated rings. The third-order valence-corrected chi connectivity index (χ3v) is 3.23. The molecule has 0 saturated carbocycles. The van der Waals surface area contributed by atoms with Gasteiger partial charge in [0.05, 0.1) is 5.52 Å². The van der Waals surface area contributed by atoms with Gasteiger partial charge in [-0.05, 0) is 24.6 Å². The Morgan fingerprint density at radius 3 is 2.88 bits per heavy atom. The summed E-state index contributed by atoms with van der Waals surface area (Å²) in [6, 6.07) is 8.53. The first-order valence-electron chi connectivity index (χ1n) is 5.90. The van der Waals surface area contributed by atoms with Crippen molar-refractivity contribution < 1.29 is 0 Å². The minimum Gasteiger partial charge on any atom is -0.319 e. The molecule has 1 nitrogen and oxygen atoms in total. The summed E-state index contributed by atoms with van der Waals surface area (Å²) in [5.41, 5.74) is 5.04. The molecule has 0 atom stereocenters. The Balaban J connectivity index is 2.45. The number of aromatic nitrogens is 1. The van der Waals surface area contributed by atoms with Crippen LogP contribution in [0.3, 0.4) is 0 Å². The van der Waals surface area contributed by atoms with Crippen molar-refractivity contribution in [1.29, 1.82) is 0 Å². The lowest BCUT2D eigenvalue weighted by molar-refractivity contribution is 1.06. The van der Waals surface area contributed by atoms with Crippen molar-refractivity contribution >= 4 is 22.7 Å². The number of para-hydroxylation sites is 1. The number of hydrogen-bond donors (Lipinski definition) is 0. The Hall–Kier alpha value is -2.02. The van der Waals surface area contributed by atoms with Gasteiger partial charge in [0.25, 0.3) is 0 Å². The molecule has 0 radical (unpaired) electrons. The fraction of sp³-hybridized carbons (Fsp3) is 0.125. The molecule has 0 saturated heterocycles. The molecule has 17 heavy (non-hydrogen) atoms. The summed E-state index contributed by atoms with van der Waals surface area (Å²) in [5, 5.41) is 1.30. The van der Waals surface area contributed by atoms with Crippen LogP contribution < -0.4 is 0 Å². The van der Waals surface area contributed by atoms with Gasteiger partial charge in [0, 0.05) is 29.3 Å². The van der Waals surface area contributed by atoms with Gasteiger partial charge in [-0.25, -0.2) is 0 Å². The molecule has 1 aromatic heterocycles. The van der Waals surface area contributed by atoms with E-state index in [4.69, 9.17) is 0 Å². The van der Waals surface area contributed by atoms with Crippen LogP contribution in [0.5, 0.6) is 0 Å². The van der Waals surface area contributed by atoms with Crippen molar-refractivity contribution in [2.75, 3.05) is 0 Å². The highest BCUT2D eigenvalue weighted by molar-refractivity contribution is 5.95. The lowest BCUT2D eigenvalue weighted by Gasteiger charge is -2.04. The monoisotopic (exact) mass is 221 g/mol. The number of fused-ring (bicyclic) bond motifs is 3. The summed E-state index contributed by atoms with van der Waals surface area (Å²) in [6.07, 6.45) is 9.48. The van der Waals surface area contributed by atoms with Crippen molar-refractivity contribution in [1.82, 2.24) is 4.57 Å². The van der Waals surface area contributed by atoms with Crippen molar-refractivity contribution in [2.45, 2.75) is 13.3 Å². The molecule has 0 unspecified atom stereocenters. The third-order valence-electron chi connectivity index (χ3n) is 3.23. The molecule has 1 heteroatoms. The second-order valence-electron chi connectivity index (χ2n) is 4.46. The molecular formula is C16H15N. The largest absolute Gasteiger partial charge is 0.319 e. The van der Waals surface area contributed by atoms with Crippen LogP contribution >= 0.6 is 0 Å². The molecule has 0 spiro atoms. The van der Waals surface area contributed by atoms with Crippen molar-refractivity contribution in [2.24, 2.45) is 0 Å². The van der Waals surface area contributed by atoms with Gasteiger partial charge in [-0.2, -0.15) is 0 Å². The van der Waals surface area contributed by atoms with Crippen molar-refractivity contribution in [3.63, 3.8) is 0 Å². The number of allylic oxidation sites excluding steroid dienone is 4. The molecule has 84 valence electrons. The van der Waals surface area contributed by atoms with Gasteiger partial charge in [-0.1, -0.05) is 36.9 Å². The van der Waals surface area contributed by atoms with E-state index in [1.807, 2.05) is 0 Å². The van der Waals surface area contributed by atoms with E-state index in [0.717, 1.165) is 12.0 Å². The molecule has 1 aliphatic heterocycles. The standard InChI is InChI=1S/C16H15N/c1-12(2)16-13-8-5-6-9-14(13)17-11-7-3-4-10-15(16)17/h3-9,11H,1,10H2,2H3. The van der Waals surface area contributed by atoms with E-state index in [0.29, 0.717) is 0 Å². The highest BCUT2D eigenvalue weighted by atomic mass is 15.0. The average Bonchev–Trinajstić information content (AvgIpc) is 2.48. The summed E-state index contributed by atoms with van der Waals surface area (Å²) in [5.74, 6) is 0. The van der Waals surface area contributed by atoms with Gasteiger partial charge in [0.1, 0.15) is 0 Å². The molecule has 1 aromatic carbocycles. The van der Waals surface area contributed by atoms with Gasteiger partial charge in [0.15, 0.2) is 0 Å². The fourth-order valence-electron chi connectivity index (χ4n) is 2.56. The zero-order valence-corrected chi connectivity index (χ0v) is 9.98. The summed E-state index contributed by atoms with van der Waals surface area (Å²) in [7, 11) is 0. The minimum absolute atomic E-state index is 0.962. The van der Waals surface area contributed by atoms with Crippen LogP contribution in [-0.2, 0) is 6.42 Å². The predicted octanol–water partition coefficient (Wildman–Crippen LogP) is 4.26. The van der Waals surface area contributed by atoms with Gasteiger partial charge >= 0.3 is 0 Å². The number of benzene rings is 1. The van der Waals surface area contributed by atoms with Crippen LogP contribution in [-0.4, -0.2) is 4.57 Å².